The van der Waals surface area contributed by atoms with Gasteiger partial charge in [-0.2, -0.15) is 0 Å². The molecular weight excluding hydrogens is 378 g/mol. The van der Waals surface area contributed by atoms with Crippen LogP contribution in [-0.2, 0) is 24.1 Å². The number of ether oxygens (including phenoxy) is 1. The summed E-state index contributed by atoms with van der Waals surface area (Å²) in [5, 5.41) is 21.2. The van der Waals surface area contributed by atoms with E-state index in [-0.39, 0.29) is 17.9 Å². The first-order valence-electron chi connectivity index (χ1n) is 8.61. The SMILES string of the molecule is COc1ccc(CCc2nnc(NC(=O)Cc3ccccc3C(=O)O)s2)cc1. The number of carbonyl (C=O) groups excluding carboxylic acids is 1. The van der Waals surface area contributed by atoms with Gasteiger partial charge in [0.1, 0.15) is 10.8 Å². The van der Waals surface area contributed by atoms with Crippen LogP contribution in [0.2, 0.25) is 0 Å². The van der Waals surface area contributed by atoms with E-state index < -0.39 is 5.97 Å². The Bertz CT molecular complexity index is 970. The Labute approximate surface area is 166 Å². The Hall–Kier alpha value is -3.26. The summed E-state index contributed by atoms with van der Waals surface area (Å²) in [6, 6.07) is 14.3. The van der Waals surface area contributed by atoms with E-state index >= 15 is 0 Å². The molecular formula is C20H19N3O4S. The molecule has 0 fully saturated rings. The summed E-state index contributed by atoms with van der Waals surface area (Å²) in [4.78, 5) is 23.5. The van der Waals surface area contributed by atoms with E-state index in [1.54, 1.807) is 25.3 Å². The number of hydrogen-bond acceptors (Lipinski definition) is 6. The fourth-order valence-electron chi connectivity index (χ4n) is 2.67. The second-order valence-corrected chi connectivity index (χ2v) is 7.10. The molecule has 0 unspecified atom stereocenters. The summed E-state index contributed by atoms with van der Waals surface area (Å²) in [6.45, 7) is 0. The second kappa shape index (κ2) is 9.09. The van der Waals surface area contributed by atoms with Crippen LogP contribution in [0.4, 0.5) is 5.13 Å². The van der Waals surface area contributed by atoms with E-state index in [1.165, 1.54) is 17.4 Å². The molecule has 0 aliphatic carbocycles. The van der Waals surface area contributed by atoms with E-state index in [0.29, 0.717) is 17.1 Å². The smallest absolute Gasteiger partial charge is 0.335 e. The number of aryl methyl sites for hydroxylation is 2. The van der Waals surface area contributed by atoms with Crippen molar-refractivity contribution in [1.82, 2.24) is 10.2 Å². The number of aromatic nitrogens is 2. The highest BCUT2D eigenvalue weighted by molar-refractivity contribution is 7.15. The van der Waals surface area contributed by atoms with Crippen LogP contribution in [0.5, 0.6) is 5.75 Å². The number of methoxy groups -OCH3 is 1. The van der Waals surface area contributed by atoms with Gasteiger partial charge in [0.2, 0.25) is 11.0 Å². The molecule has 2 N–H and O–H groups in total. The zero-order valence-corrected chi connectivity index (χ0v) is 16.0. The van der Waals surface area contributed by atoms with Crippen molar-refractivity contribution in [1.29, 1.82) is 0 Å². The fraction of sp³-hybridized carbons (Fsp3) is 0.200. The maximum absolute atomic E-state index is 12.2. The molecule has 1 heterocycles. The van der Waals surface area contributed by atoms with Crippen LogP contribution in [0, 0.1) is 0 Å². The highest BCUT2D eigenvalue weighted by Crippen LogP contribution is 2.19. The van der Waals surface area contributed by atoms with E-state index in [2.05, 4.69) is 15.5 Å². The standard InChI is InChI=1S/C20H19N3O4S/c1-27-15-9-6-13(7-10-15)8-11-18-22-23-20(28-18)21-17(24)12-14-4-2-3-5-16(14)19(25)26/h2-7,9-10H,8,11-12H2,1H3,(H,25,26)(H,21,23,24). The monoisotopic (exact) mass is 397 g/mol. The first-order chi connectivity index (χ1) is 13.5. The molecule has 0 saturated carbocycles. The van der Waals surface area contributed by atoms with E-state index in [9.17, 15) is 14.7 Å². The third-order valence-electron chi connectivity index (χ3n) is 4.10. The maximum Gasteiger partial charge on any atom is 0.335 e. The molecule has 28 heavy (non-hydrogen) atoms. The Kier molecular flexibility index (Phi) is 6.33. The van der Waals surface area contributed by atoms with Crippen LogP contribution >= 0.6 is 11.3 Å². The van der Waals surface area contributed by atoms with Crippen molar-refractivity contribution < 1.29 is 19.4 Å². The zero-order chi connectivity index (χ0) is 19.9. The lowest BCUT2D eigenvalue weighted by atomic mass is 10.0. The number of nitrogens with zero attached hydrogens (tertiary/aromatic N) is 2. The molecule has 144 valence electrons. The summed E-state index contributed by atoms with van der Waals surface area (Å²) in [5.41, 5.74) is 1.73. The van der Waals surface area contributed by atoms with Gasteiger partial charge in [-0.1, -0.05) is 41.7 Å². The molecule has 0 saturated heterocycles. The summed E-state index contributed by atoms with van der Waals surface area (Å²) in [5.74, 6) is -0.569. The lowest BCUT2D eigenvalue weighted by Crippen LogP contribution is -2.16. The Morgan fingerprint density at radius 1 is 1.07 bits per heavy atom. The largest absolute Gasteiger partial charge is 0.497 e. The van der Waals surface area contributed by atoms with Gasteiger partial charge in [0.15, 0.2) is 0 Å². The molecule has 1 aromatic heterocycles. The summed E-state index contributed by atoms with van der Waals surface area (Å²) in [7, 11) is 1.63. The predicted octanol–water partition coefficient (Wildman–Crippen LogP) is 3.21. The Balaban J connectivity index is 1.55. The first kappa shape index (κ1) is 19.5. The van der Waals surface area contributed by atoms with Crippen LogP contribution in [0.25, 0.3) is 0 Å². The van der Waals surface area contributed by atoms with Crippen molar-refractivity contribution in [3.05, 3.63) is 70.2 Å². The number of carboxylic acid groups (broad SMARTS) is 1. The molecule has 7 nitrogen and oxygen atoms in total. The molecule has 0 bridgehead atoms. The minimum Gasteiger partial charge on any atom is -0.497 e. The van der Waals surface area contributed by atoms with Crippen molar-refractivity contribution in [3.63, 3.8) is 0 Å². The number of aromatic carboxylic acids is 1. The quantitative estimate of drug-likeness (QED) is 0.605. The summed E-state index contributed by atoms with van der Waals surface area (Å²) in [6.07, 6.45) is 1.48. The van der Waals surface area contributed by atoms with Crippen molar-refractivity contribution >= 4 is 28.3 Å². The van der Waals surface area contributed by atoms with Gasteiger partial charge in [0, 0.05) is 6.42 Å². The van der Waals surface area contributed by atoms with Crippen molar-refractivity contribution in [2.24, 2.45) is 0 Å². The topological polar surface area (TPSA) is 101 Å². The van der Waals surface area contributed by atoms with Crippen molar-refractivity contribution in [2.75, 3.05) is 12.4 Å². The third kappa shape index (κ3) is 5.14. The van der Waals surface area contributed by atoms with Crippen molar-refractivity contribution in [2.45, 2.75) is 19.3 Å². The molecule has 3 rings (SSSR count). The number of carbonyl (C=O) groups is 2. The predicted molar refractivity (Wildman–Crippen MR) is 106 cm³/mol. The second-order valence-electron chi connectivity index (χ2n) is 6.04. The maximum atomic E-state index is 12.2. The number of benzene rings is 2. The van der Waals surface area contributed by atoms with Crippen LogP contribution in [-0.4, -0.2) is 34.3 Å². The summed E-state index contributed by atoms with van der Waals surface area (Å²) < 4.78 is 5.14. The van der Waals surface area contributed by atoms with Crippen LogP contribution in [0.1, 0.15) is 26.5 Å². The van der Waals surface area contributed by atoms with Crippen LogP contribution in [0.15, 0.2) is 48.5 Å². The Morgan fingerprint density at radius 2 is 1.82 bits per heavy atom. The van der Waals surface area contributed by atoms with E-state index in [1.807, 2.05) is 24.3 Å². The normalized spacial score (nSPS) is 10.5. The molecule has 0 atom stereocenters. The highest BCUT2D eigenvalue weighted by Gasteiger charge is 2.14. The molecule has 8 heteroatoms. The van der Waals surface area contributed by atoms with Gasteiger partial charge in [-0.15, -0.1) is 10.2 Å². The molecule has 0 aliphatic rings. The number of anilines is 1. The van der Waals surface area contributed by atoms with Gasteiger partial charge in [0.25, 0.3) is 0 Å². The average molecular weight is 397 g/mol. The van der Waals surface area contributed by atoms with Gasteiger partial charge in [-0.25, -0.2) is 4.79 Å². The molecule has 0 spiro atoms. The van der Waals surface area contributed by atoms with E-state index in [0.717, 1.165) is 22.7 Å². The minimum atomic E-state index is -1.06. The Morgan fingerprint density at radius 3 is 2.54 bits per heavy atom. The van der Waals surface area contributed by atoms with Gasteiger partial charge in [-0.05, 0) is 35.7 Å². The average Bonchev–Trinajstić information content (AvgIpc) is 3.14. The highest BCUT2D eigenvalue weighted by atomic mass is 32.1. The number of rotatable bonds is 8. The number of amides is 1. The first-order valence-corrected chi connectivity index (χ1v) is 9.43. The summed E-state index contributed by atoms with van der Waals surface area (Å²) >= 11 is 1.31. The number of carboxylic acids is 1. The van der Waals surface area contributed by atoms with Gasteiger partial charge < -0.3 is 15.2 Å². The van der Waals surface area contributed by atoms with Crippen LogP contribution < -0.4 is 10.1 Å². The minimum absolute atomic E-state index is 0.0385. The molecule has 2 aromatic carbocycles. The lowest BCUT2D eigenvalue weighted by molar-refractivity contribution is -0.115. The lowest BCUT2D eigenvalue weighted by Gasteiger charge is -2.05. The van der Waals surface area contributed by atoms with Gasteiger partial charge in [-0.3, -0.25) is 4.79 Å². The number of nitrogens with one attached hydrogen (secondary N) is 1. The van der Waals surface area contributed by atoms with E-state index in [4.69, 9.17) is 4.74 Å². The zero-order valence-electron chi connectivity index (χ0n) is 15.2. The molecule has 1 amide bonds. The van der Waals surface area contributed by atoms with Crippen LogP contribution in [0.3, 0.4) is 0 Å². The fourth-order valence-corrected chi connectivity index (χ4v) is 3.42. The van der Waals surface area contributed by atoms with Crippen molar-refractivity contribution in [3.8, 4) is 5.75 Å². The van der Waals surface area contributed by atoms with Gasteiger partial charge in [0.05, 0.1) is 19.1 Å². The molecule has 0 radical (unpaired) electrons. The van der Waals surface area contributed by atoms with Gasteiger partial charge >= 0.3 is 5.97 Å². The molecule has 0 aliphatic heterocycles. The third-order valence-corrected chi connectivity index (χ3v) is 5.00. The molecule has 3 aromatic rings. The number of hydrogen-bond donors (Lipinski definition) is 2.